The lowest BCUT2D eigenvalue weighted by molar-refractivity contribution is -0.385. The maximum absolute atomic E-state index is 10.8. The van der Waals surface area contributed by atoms with Gasteiger partial charge in [-0.25, -0.2) is 0 Å². The number of benzene rings is 1. The zero-order valence-electron chi connectivity index (χ0n) is 10.1. The lowest BCUT2D eigenvalue weighted by atomic mass is 10.1. The second kappa shape index (κ2) is 6.98. The molecule has 17 heavy (non-hydrogen) atoms. The van der Waals surface area contributed by atoms with E-state index >= 15 is 0 Å². The molecule has 0 aliphatic heterocycles. The lowest BCUT2D eigenvalue weighted by Gasteiger charge is -2.19. The predicted octanol–water partition coefficient (Wildman–Crippen LogP) is 1.42. The highest BCUT2D eigenvalue weighted by Crippen LogP contribution is 2.18. The van der Waals surface area contributed by atoms with E-state index < -0.39 is 0 Å². The van der Waals surface area contributed by atoms with Crippen molar-refractivity contribution in [1.82, 2.24) is 4.90 Å². The Hall–Kier alpha value is -1.46. The minimum Gasteiger partial charge on any atom is -0.329 e. The van der Waals surface area contributed by atoms with Crippen LogP contribution < -0.4 is 5.73 Å². The molecule has 0 aromatic heterocycles. The van der Waals surface area contributed by atoms with Crippen molar-refractivity contribution >= 4 is 5.69 Å². The third kappa shape index (κ3) is 4.13. The van der Waals surface area contributed by atoms with Gasteiger partial charge in [0, 0.05) is 31.3 Å². The largest absolute Gasteiger partial charge is 0.329 e. The zero-order valence-corrected chi connectivity index (χ0v) is 10.1. The van der Waals surface area contributed by atoms with E-state index in [1.807, 2.05) is 12.1 Å². The van der Waals surface area contributed by atoms with Crippen LogP contribution in [0.15, 0.2) is 24.3 Å². The van der Waals surface area contributed by atoms with Crippen LogP contribution in [0.2, 0.25) is 0 Å². The van der Waals surface area contributed by atoms with Crippen LogP contribution in [0.4, 0.5) is 5.69 Å². The summed E-state index contributed by atoms with van der Waals surface area (Å²) in [7, 11) is 0. The summed E-state index contributed by atoms with van der Waals surface area (Å²) in [5, 5.41) is 10.8. The number of nitrogens with two attached hydrogens (primary N) is 1. The molecule has 2 N–H and O–H groups in total. The number of nitro groups is 1. The number of hydrogen-bond acceptors (Lipinski definition) is 4. The Labute approximate surface area is 101 Å². The van der Waals surface area contributed by atoms with Crippen molar-refractivity contribution in [2.75, 3.05) is 26.2 Å². The molecule has 0 aliphatic carbocycles. The van der Waals surface area contributed by atoms with Crippen LogP contribution in [0.3, 0.4) is 0 Å². The summed E-state index contributed by atoms with van der Waals surface area (Å²) in [5.74, 6) is 0. The van der Waals surface area contributed by atoms with E-state index in [-0.39, 0.29) is 10.6 Å². The highest BCUT2D eigenvalue weighted by Gasteiger charge is 2.12. The van der Waals surface area contributed by atoms with Crippen molar-refractivity contribution in [2.24, 2.45) is 5.73 Å². The van der Waals surface area contributed by atoms with Crippen LogP contribution >= 0.6 is 0 Å². The van der Waals surface area contributed by atoms with Gasteiger partial charge in [-0.2, -0.15) is 0 Å². The number of nitro benzene ring substituents is 1. The summed E-state index contributed by atoms with van der Waals surface area (Å²) < 4.78 is 0. The molecular formula is C12H19N3O2. The topological polar surface area (TPSA) is 72.4 Å². The van der Waals surface area contributed by atoms with Crippen LogP contribution in [-0.4, -0.2) is 36.0 Å². The van der Waals surface area contributed by atoms with Gasteiger partial charge in [-0.3, -0.25) is 10.1 Å². The van der Waals surface area contributed by atoms with E-state index in [9.17, 15) is 10.1 Å². The average Bonchev–Trinajstić information content (AvgIpc) is 2.34. The highest BCUT2D eigenvalue weighted by atomic mass is 16.6. The van der Waals surface area contributed by atoms with Gasteiger partial charge in [0.15, 0.2) is 0 Å². The molecule has 0 aliphatic rings. The molecule has 0 amide bonds. The highest BCUT2D eigenvalue weighted by molar-refractivity contribution is 5.39. The first-order chi connectivity index (χ1) is 8.19. The molecule has 0 atom stereocenters. The van der Waals surface area contributed by atoms with E-state index in [1.54, 1.807) is 12.1 Å². The number of rotatable bonds is 7. The molecule has 0 saturated carbocycles. The Morgan fingerprint density at radius 2 is 2.06 bits per heavy atom. The van der Waals surface area contributed by atoms with Gasteiger partial charge < -0.3 is 10.6 Å². The van der Waals surface area contributed by atoms with Crippen LogP contribution in [0.1, 0.15) is 12.5 Å². The standard InChI is InChI=1S/C12H19N3O2/c1-2-14(10-8-13)9-7-11-5-3-4-6-12(11)15(16)17/h3-6H,2,7-10,13H2,1H3. The molecule has 5 nitrogen and oxygen atoms in total. The average molecular weight is 237 g/mol. The van der Waals surface area contributed by atoms with Crippen molar-refractivity contribution in [2.45, 2.75) is 13.3 Å². The molecule has 1 rings (SSSR count). The summed E-state index contributed by atoms with van der Waals surface area (Å²) in [4.78, 5) is 12.7. The van der Waals surface area contributed by atoms with Crippen LogP contribution in [0, 0.1) is 10.1 Å². The summed E-state index contributed by atoms with van der Waals surface area (Å²) in [6.45, 7) is 5.23. The Morgan fingerprint density at radius 3 is 2.65 bits per heavy atom. The maximum atomic E-state index is 10.8. The first kappa shape index (κ1) is 13.6. The van der Waals surface area contributed by atoms with Gasteiger partial charge in [-0.1, -0.05) is 25.1 Å². The SMILES string of the molecule is CCN(CCN)CCc1ccccc1[N+](=O)[O-]. The molecule has 0 spiro atoms. The van der Waals surface area contributed by atoms with E-state index in [1.165, 1.54) is 0 Å². The Bertz CT molecular complexity index is 369. The molecule has 1 aromatic rings. The van der Waals surface area contributed by atoms with Gasteiger partial charge in [0.05, 0.1) is 4.92 Å². The molecular weight excluding hydrogens is 218 g/mol. The molecule has 1 aromatic carbocycles. The van der Waals surface area contributed by atoms with Crippen molar-refractivity contribution in [1.29, 1.82) is 0 Å². The minimum absolute atomic E-state index is 0.205. The summed E-state index contributed by atoms with van der Waals surface area (Å²) in [5.41, 5.74) is 6.49. The zero-order chi connectivity index (χ0) is 12.7. The Balaban J connectivity index is 2.65. The van der Waals surface area contributed by atoms with Crippen molar-refractivity contribution in [3.8, 4) is 0 Å². The predicted molar refractivity (Wildman–Crippen MR) is 68.0 cm³/mol. The lowest BCUT2D eigenvalue weighted by Crippen LogP contribution is -2.31. The Kier molecular flexibility index (Phi) is 5.59. The second-order valence-electron chi connectivity index (χ2n) is 3.86. The molecule has 0 radical (unpaired) electrons. The second-order valence-corrected chi connectivity index (χ2v) is 3.86. The van der Waals surface area contributed by atoms with Crippen LogP contribution in [0.5, 0.6) is 0 Å². The van der Waals surface area contributed by atoms with Gasteiger partial charge in [-0.15, -0.1) is 0 Å². The van der Waals surface area contributed by atoms with E-state index in [4.69, 9.17) is 5.73 Å². The smallest absolute Gasteiger partial charge is 0.272 e. The quantitative estimate of drug-likeness (QED) is 0.575. The molecule has 0 saturated heterocycles. The van der Waals surface area contributed by atoms with Gasteiger partial charge in [-0.05, 0) is 13.0 Å². The van der Waals surface area contributed by atoms with Gasteiger partial charge in [0.1, 0.15) is 0 Å². The fourth-order valence-corrected chi connectivity index (χ4v) is 1.79. The molecule has 94 valence electrons. The first-order valence-corrected chi connectivity index (χ1v) is 5.83. The minimum atomic E-state index is -0.325. The van der Waals surface area contributed by atoms with E-state index in [0.717, 1.165) is 25.2 Å². The number of hydrogen-bond donors (Lipinski definition) is 1. The molecule has 0 bridgehead atoms. The monoisotopic (exact) mass is 237 g/mol. The summed E-state index contributed by atoms with van der Waals surface area (Å²) >= 11 is 0. The normalized spacial score (nSPS) is 10.8. The Morgan fingerprint density at radius 1 is 1.35 bits per heavy atom. The van der Waals surface area contributed by atoms with Gasteiger partial charge in [0.2, 0.25) is 0 Å². The fourth-order valence-electron chi connectivity index (χ4n) is 1.79. The maximum Gasteiger partial charge on any atom is 0.272 e. The third-order valence-corrected chi connectivity index (χ3v) is 2.78. The molecule has 0 unspecified atom stereocenters. The number of nitrogens with zero attached hydrogens (tertiary/aromatic N) is 2. The molecule has 5 heteroatoms. The fraction of sp³-hybridized carbons (Fsp3) is 0.500. The van der Waals surface area contributed by atoms with E-state index in [2.05, 4.69) is 11.8 Å². The summed E-state index contributed by atoms with van der Waals surface area (Å²) in [6.07, 6.45) is 0.686. The number of likely N-dealkylation sites (N-methyl/N-ethyl adjacent to an activating group) is 1. The first-order valence-electron chi connectivity index (χ1n) is 5.83. The van der Waals surface area contributed by atoms with Crippen molar-refractivity contribution in [3.05, 3.63) is 39.9 Å². The summed E-state index contributed by atoms with van der Waals surface area (Å²) in [6, 6.07) is 6.89. The van der Waals surface area contributed by atoms with Crippen molar-refractivity contribution < 1.29 is 4.92 Å². The van der Waals surface area contributed by atoms with Gasteiger partial charge in [0.25, 0.3) is 5.69 Å². The van der Waals surface area contributed by atoms with Crippen LogP contribution in [0.25, 0.3) is 0 Å². The molecule has 0 heterocycles. The van der Waals surface area contributed by atoms with Gasteiger partial charge >= 0.3 is 0 Å². The van der Waals surface area contributed by atoms with Crippen molar-refractivity contribution in [3.63, 3.8) is 0 Å². The van der Waals surface area contributed by atoms with E-state index in [0.29, 0.717) is 13.0 Å². The number of para-hydroxylation sites is 1. The third-order valence-electron chi connectivity index (χ3n) is 2.78. The van der Waals surface area contributed by atoms with Crippen LogP contribution in [-0.2, 0) is 6.42 Å². The molecule has 0 fully saturated rings.